The highest BCUT2D eigenvalue weighted by molar-refractivity contribution is 8.13. The quantitative estimate of drug-likeness (QED) is 0.0756. The summed E-state index contributed by atoms with van der Waals surface area (Å²) in [5, 5.41) is 2.86. The Bertz CT molecular complexity index is 2120. The van der Waals surface area contributed by atoms with E-state index in [0.717, 1.165) is 35.2 Å². The summed E-state index contributed by atoms with van der Waals surface area (Å²) in [6.07, 6.45) is 4.69. The average molecular weight is 894 g/mol. The van der Waals surface area contributed by atoms with Gasteiger partial charge in [-0.2, -0.15) is 8.78 Å². The Hall–Kier alpha value is -4.07. The number of nitrogens with one attached hydrogen (secondary N) is 1. The Morgan fingerprint density at radius 1 is 1.07 bits per heavy atom. The van der Waals surface area contributed by atoms with E-state index in [4.69, 9.17) is 23.3 Å². The molecule has 3 aromatic rings. The highest BCUT2D eigenvalue weighted by Gasteiger charge is 2.56. The van der Waals surface area contributed by atoms with Gasteiger partial charge in [0.2, 0.25) is 18.6 Å². The number of rotatable bonds is 16. The van der Waals surface area contributed by atoms with Crippen LogP contribution in [0.1, 0.15) is 79.3 Å². The van der Waals surface area contributed by atoms with Crippen LogP contribution in [0.4, 0.5) is 13.6 Å². The van der Waals surface area contributed by atoms with Crippen LogP contribution >= 0.6 is 30.7 Å². The molecule has 3 amide bonds. The molecular formula is C39H46F2N5O11PS2. The molecule has 2 aromatic heterocycles. The van der Waals surface area contributed by atoms with Crippen molar-refractivity contribution in [1.82, 2.24) is 25.1 Å². The average Bonchev–Trinajstić information content (AvgIpc) is 3.78. The summed E-state index contributed by atoms with van der Waals surface area (Å²) in [5.74, 6) is -0.365. The summed E-state index contributed by atoms with van der Waals surface area (Å²) in [6.45, 7) is 3.19. The molecule has 60 heavy (non-hydrogen) atoms. The van der Waals surface area contributed by atoms with Crippen molar-refractivity contribution in [2.24, 2.45) is 5.92 Å². The number of thiophene rings is 1. The number of aromatic nitrogens is 2. The highest BCUT2D eigenvalue weighted by Crippen LogP contribution is 2.67. The lowest BCUT2D eigenvalue weighted by Gasteiger charge is -2.41. The second-order valence-electron chi connectivity index (χ2n) is 15.5. The standard InChI is InChI=1S/C39H46F2N5O11PS2/c1-23(2)15-33(47)59-14-13-55-58(52,56-22-54-38(51)57-28-20-53-21-28)39(40,41)26-7-10-31-24(16-26)17-32(60-31)35(48)44-29-6-3-5-27-8-9-30(46(27)36(29)49)37(50)45-18-25(19-45)34-42-11-4-12-43-34/h4,7,10-12,16-17,23,25,27-30H,3,5-6,8-9,13-15,18-22H2,1-2H3,(H,44,48)/t27-,29-,30-,58?/m0/s1. The van der Waals surface area contributed by atoms with E-state index in [2.05, 4.69) is 15.3 Å². The van der Waals surface area contributed by atoms with E-state index in [1.54, 1.807) is 28.3 Å². The number of carbonyl (C=O) groups is 5. The molecule has 6 heterocycles. The number of carbonyl (C=O) groups excluding carboxylic acids is 5. The Kier molecular flexibility index (Phi) is 13.9. The van der Waals surface area contributed by atoms with Crippen molar-refractivity contribution in [3.8, 4) is 0 Å². The van der Waals surface area contributed by atoms with Crippen molar-refractivity contribution in [2.75, 3.05) is 45.5 Å². The van der Waals surface area contributed by atoms with Gasteiger partial charge < -0.3 is 33.9 Å². The molecule has 0 spiro atoms. The van der Waals surface area contributed by atoms with Gasteiger partial charge >= 0.3 is 19.4 Å². The van der Waals surface area contributed by atoms with Gasteiger partial charge in [0.1, 0.15) is 17.9 Å². The van der Waals surface area contributed by atoms with E-state index in [0.29, 0.717) is 55.7 Å². The van der Waals surface area contributed by atoms with Crippen LogP contribution in [-0.2, 0) is 47.9 Å². The van der Waals surface area contributed by atoms with Crippen molar-refractivity contribution in [2.45, 2.75) is 88.2 Å². The van der Waals surface area contributed by atoms with E-state index in [1.807, 2.05) is 13.8 Å². The molecule has 4 fully saturated rings. The number of amides is 3. The Labute approximate surface area is 352 Å². The zero-order valence-electron chi connectivity index (χ0n) is 33.0. The van der Waals surface area contributed by atoms with Crippen LogP contribution in [0.5, 0.6) is 0 Å². The van der Waals surface area contributed by atoms with E-state index >= 15 is 8.78 Å². The molecule has 4 atom stereocenters. The molecule has 4 aliphatic heterocycles. The first kappa shape index (κ1) is 44.0. The van der Waals surface area contributed by atoms with Gasteiger partial charge in [-0.1, -0.05) is 31.7 Å². The van der Waals surface area contributed by atoms with E-state index in [9.17, 15) is 28.5 Å². The topological polar surface area (TPSA) is 193 Å². The predicted molar refractivity (Wildman–Crippen MR) is 214 cm³/mol. The second kappa shape index (κ2) is 18.9. The first-order valence-electron chi connectivity index (χ1n) is 19.8. The molecule has 1 aromatic carbocycles. The largest absolute Gasteiger partial charge is 0.510 e. The van der Waals surface area contributed by atoms with E-state index in [-0.39, 0.29) is 70.5 Å². The first-order valence-corrected chi connectivity index (χ1v) is 23.1. The number of thioether (sulfide) groups is 1. The van der Waals surface area contributed by atoms with Gasteiger partial charge in [0.05, 0.1) is 30.6 Å². The third kappa shape index (κ3) is 9.84. The maximum atomic E-state index is 16.3. The smallest absolute Gasteiger partial charge is 0.426 e. The van der Waals surface area contributed by atoms with Crippen LogP contribution in [-0.4, -0.2) is 118 Å². The van der Waals surface area contributed by atoms with Crippen molar-refractivity contribution in [1.29, 1.82) is 0 Å². The monoisotopic (exact) mass is 893 g/mol. The molecule has 0 aliphatic carbocycles. The number of alkyl halides is 2. The molecule has 4 aliphatic rings. The Morgan fingerprint density at radius 3 is 2.55 bits per heavy atom. The van der Waals surface area contributed by atoms with Gasteiger partial charge in [-0.25, -0.2) is 14.8 Å². The lowest BCUT2D eigenvalue weighted by molar-refractivity contribution is -0.148. The fraction of sp³-hybridized carbons (Fsp3) is 0.564. The molecule has 324 valence electrons. The predicted octanol–water partition coefficient (Wildman–Crippen LogP) is 6.05. The van der Waals surface area contributed by atoms with Crippen LogP contribution in [0.25, 0.3) is 10.1 Å². The summed E-state index contributed by atoms with van der Waals surface area (Å²) < 4.78 is 71.7. The molecule has 1 N–H and O–H groups in total. The van der Waals surface area contributed by atoms with Crippen LogP contribution in [0.15, 0.2) is 42.7 Å². The molecule has 7 rings (SSSR count). The van der Waals surface area contributed by atoms with Crippen LogP contribution < -0.4 is 5.32 Å². The SMILES string of the molecule is CC(C)CC(=O)SCCOP(=O)(OCOC(=O)OC1COC1)C(F)(F)c1ccc2sc(C(=O)N[C@H]3CCC[C@H]4CC[C@@H](C(=O)N5CC(c6ncccn6)C5)N4C3=O)cc2c1. The molecule has 1 unspecified atom stereocenters. The fourth-order valence-corrected chi connectivity index (χ4v) is 10.8. The molecule has 0 radical (unpaired) electrons. The normalized spacial score (nSPS) is 22.1. The number of nitrogens with zero attached hydrogens (tertiary/aromatic N) is 4. The van der Waals surface area contributed by atoms with Crippen LogP contribution in [0.3, 0.4) is 0 Å². The van der Waals surface area contributed by atoms with Gasteiger partial charge in [-0.3, -0.25) is 28.3 Å². The lowest BCUT2D eigenvalue weighted by atomic mass is 9.97. The number of hydrogen-bond acceptors (Lipinski definition) is 15. The molecular weight excluding hydrogens is 848 g/mol. The zero-order valence-corrected chi connectivity index (χ0v) is 35.5. The molecule has 21 heteroatoms. The Morgan fingerprint density at radius 2 is 1.83 bits per heavy atom. The molecule has 0 saturated carbocycles. The van der Waals surface area contributed by atoms with Gasteiger partial charge in [0.25, 0.3) is 5.91 Å². The second-order valence-corrected chi connectivity index (χ2v) is 19.8. The van der Waals surface area contributed by atoms with Gasteiger partial charge in [0.15, 0.2) is 11.2 Å². The van der Waals surface area contributed by atoms with E-state index < -0.39 is 62.5 Å². The molecule has 16 nitrogen and oxygen atoms in total. The van der Waals surface area contributed by atoms with Gasteiger partial charge in [-0.15, -0.1) is 11.3 Å². The van der Waals surface area contributed by atoms with Gasteiger partial charge in [-0.05, 0) is 67.7 Å². The maximum absolute atomic E-state index is 16.3. The minimum Gasteiger partial charge on any atom is -0.426 e. The minimum absolute atomic E-state index is 0.0279. The molecule has 0 bridgehead atoms. The summed E-state index contributed by atoms with van der Waals surface area (Å²) in [4.78, 5) is 77.6. The minimum atomic E-state index is -5.45. The summed E-state index contributed by atoms with van der Waals surface area (Å²) in [7, 11) is -5.45. The van der Waals surface area contributed by atoms with Crippen LogP contribution in [0.2, 0.25) is 0 Å². The number of fused-ring (bicyclic) bond motifs is 2. The highest BCUT2D eigenvalue weighted by atomic mass is 32.2. The van der Waals surface area contributed by atoms with Gasteiger partial charge in [0, 0.05) is 54.0 Å². The van der Waals surface area contributed by atoms with Crippen molar-refractivity contribution in [3.63, 3.8) is 0 Å². The number of benzene rings is 1. The fourth-order valence-electron chi connectivity index (χ4n) is 7.52. The first-order chi connectivity index (χ1) is 28.7. The van der Waals surface area contributed by atoms with Crippen LogP contribution in [0, 0.1) is 5.92 Å². The van der Waals surface area contributed by atoms with Crippen molar-refractivity contribution in [3.05, 3.63) is 59.0 Å². The van der Waals surface area contributed by atoms with E-state index in [1.165, 1.54) is 12.1 Å². The number of ether oxygens (including phenoxy) is 3. The third-order valence-electron chi connectivity index (χ3n) is 10.7. The zero-order chi connectivity index (χ0) is 42.6. The Balaban J connectivity index is 1.01. The third-order valence-corrected chi connectivity index (χ3v) is 14.6. The number of halogens is 2. The molecule has 4 saturated heterocycles. The summed E-state index contributed by atoms with van der Waals surface area (Å²) >= 11 is 1.86. The van der Waals surface area contributed by atoms with Crippen molar-refractivity contribution >= 4 is 69.8 Å². The number of hydrogen-bond donors (Lipinski definition) is 1. The number of likely N-dealkylation sites (tertiary alicyclic amines) is 1. The summed E-state index contributed by atoms with van der Waals surface area (Å²) in [5.41, 5.74) is -5.05. The maximum Gasteiger partial charge on any atom is 0.510 e. The summed E-state index contributed by atoms with van der Waals surface area (Å²) in [6, 6.07) is 4.89. The lowest BCUT2D eigenvalue weighted by Crippen LogP contribution is -2.58. The van der Waals surface area contributed by atoms with Crippen molar-refractivity contribution < 1.29 is 60.6 Å².